The Morgan fingerprint density at radius 1 is 1.09 bits per heavy atom. The lowest BCUT2D eigenvalue weighted by molar-refractivity contribution is 0.102. The van der Waals surface area contributed by atoms with E-state index in [1.54, 1.807) is 6.07 Å². The van der Waals surface area contributed by atoms with Gasteiger partial charge >= 0.3 is 0 Å². The molecule has 0 aromatic heterocycles. The summed E-state index contributed by atoms with van der Waals surface area (Å²) in [7, 11) is 0. The van der Waals surface area contributed by atoms with Crippen LogP contribution in [0.5, 0.6) is 0 Å². The topological polar surface area (TPSA) is 41.1 Å². The number of halogens is 1. The average molecular weight is 300 g/mol. The second-order valence-electron chi connectivity index (χ2n) is 5.65. The van der Waals surface area contributed by atoms with E-state index in [2.05, 4.69) is 24.5 Å². The van der Waals surface area contributed by atoms with Gasteiger partial charge in [0.25, 0.3) is 5.91 Å². The van der Waals surface area contributed by atoms with Crippen molar-refractivity contribution in [3.8, 4) is 0 Å². The van der Waals surface area contributed by atoms with E-state index in [-0.39, 0.29) is 5.91 Å². The predicted molar refractivity (Wildman–Crippen MR) is 88.7 cm³/mol. The predicted octanol–water partition coefficient (Wildman–Crippen LogP) is 4.54. The van der Waals surface area contributed by atoms with E-state index in [4.69, 9.17) is 0 Å². The van der Waals surface area contributed by atoms with Crippen LogP contribution in [-0.4, -0.2) is 12.5 Å². The van der Waals surface area contributed by atoms with Gasteiger partial charge in [-0.2, -0.15) is 0 Å². The van der Waals surface area contributed by atoms with Crippen molar-refractivity contribution in [1.29, 1.82) is 0 Å². The fraction of sp³-hybridized carbons (Fsp3) is 0.278. The van der Waals surface area contributed by atoms with Crippen LogP contribution in [0.2, 0.25) is 0 Å². The summed E-state index contributed by atoms with van der Waals surface area (Å²) in [5.41, 5.74) is 2.01. The highest BCUT2D eigenvalue weighted by Crippen LogP contribution is 2.15. The maximum absolute atomic E-state index is 13.1. The summed E-state index contributed by atoms with van der Waals surface area (Å²) < 4.78 is 13.1. The Morgan fingerprint density at radius 3 is 2.41 bits per heavy atom. The highest BCUT2D eigenvalue weighted by molar-refractivity contribution is 6.04. The molecule has 0 aliphatic rings. The summed E-state index contributed by atoms with van der Waals surface area (Å²) in [5.74, 6) is -0.0744. The normalized spacial score (nSPS) is 10.5. The van der Waals surface area contributed by atoms with Crippen LogP contribution >= 0.6 is 0 Å². The maximum atomic E-state index is 13.1. The molecule has 0 unspecified atom stereocenters. The summed E-state index contributed by atoms with van der Waals surface area (Å²) in [6.07, 6.45) is 1.11. The number of nitrogens with one attached hydrogen (secondary N) is 2. The quantitative estimate of drug-likeness (QED) is 0.822. The van der Waals surface area contributed by atoms with E-state index < -0.39 is 5.82 Å². The van der Waals surface area contributed by atoms with Crippen molar-refractivity contribution in [3.05, 3.63) is 59.9 Å². The highest BCUT2D eigenvalue weighted by Gasteiger charge is 2.06. The van der Waals surface area contributed by atoms with Crippen LogP contribution in [0.25, 0.3) is 0 Å². The van der Waals surface area contributed by atoms with Gasteiger partial charge in [0.2, 0.25) is 0 Å². The Hall–Kier alpha value is -2.36. The number of rotatable bonds is 6. The summed E-state index contributed by atoms with van der Waals surface area (Å²) in [4.78, 5) is 12.0. The van der Waals surface area contributed by atoms with E-state index in [0.717, 1.165) is 18.7 Å². The van der Waals surface area contributed by atoms with Gasteiger partial charge in [0.1, 0.15) is 5.82 Å². The third kappa shape index (κ3) is 4.88. The zero-order chi connectivity index (χ0) is 15.9. The van der Waals surface area contributed by atoms with Gasteiger partial charge in [-0.1, -0.05) is 19.9 Å². The molecule has 0 heterocycles. The average Bonchev–Trinajstić information content (AvgIpc) is 2.48. The van der Waals surface area contributed by atoms with E-state index in [9.17, 15) is 9.18 Å². The Kier molecular flexibility index (Phi) is 5.53. The summed E-state index contributed by atoms with van der Waals surface area (Å²) in [5, 5.41) is 6.09. The smallest absolute Gasteiger partial charge is 0.255 e. The van der Waals surface area contributed by atoms with Crippen LogP contribution in [0.4, 0.5) is 15.8 Å². The zero-order valence-corrected chi connectivity index (χ0v) is 12.9. The molecular weight excluding hydrogens is 279 g/mol. The molecule has 0 aliphatic heterocycles. The van der Waals surface area contributed by atoms with Gasteiger partial charge in [-0.05, 0) is 54.8 Å². The Balaban J connectivity index is 1.92. The van der Waals surface area contributed by atoms with Crippen molar-refractivity contribution < 1.29 is 9.18 Å². The second kappa shape index (κ2) is 7.59. The van der Waals surface area contributed by atoms with Crippen molar-refractivity contribution in [2.45, 2.75) is 20.3 Å². The minimum Gasteiger partial charge on any atom is -0.385 e. The minimum absolute atomic E-state index is 0.305. The van der Waals surface area contributed by atoms with E-state index in [1.165, 1.54) is 18.2 Å². The molecule has 0 atom stereocenters. The first-order valence-electron chi connectivity index (χ1n) is 7.45. The molecule has 1 amide bonds. The van der Waals surface area contributed by atoms with Crippen molar-refractivity contribution in [1.82, 2.24) is 0 Å². The lowest BCUT2D eigenvalue weighted by atomic mass is 10.1. The van der Waals surface area contributed by atoms with Crippen molar-refractivity contribution in [3.63, 3.8) is 0 Å². The zero-order valence-electron chi connectivity index (χ0n) is 12.9. The molecule has 0 saturated heterocycles. The molecule has 0 fully saturated rings. The molecule has 2 N–H and O–H groups in total. The van der Waals surface area contributed by atoms with Crippen LogP contribution in [0.15, 0.2) is 48.5 Å². The van der Waals surface area contributed by atoms with Crippen LogP contribution in [0.3, 0.4) is 0 Å². The number of amides is 1. The monoisotopic (exact) mass is 300 g/mol. The number of hydrogen-bond donors (Lipinski definition) is 2. The molecule has 0 spiro atoms. The molecule has 116 valence electrons. The summed E-state index contributed by atoms with van der Waals surface area (Å²) in [6.45, 7) is 5.30. The lowest BCUT2D eigenvalue weighted by Crippen LogP contribution is -2.12. The first-order chi connectivity index (χ1) is 10.5. The summed E-state index contributed by atoms with van der Waals surface area (Å²) >= 11 is 0. The molecule has 2 rings (SSSR count). The molecule has 0 saturated carbocycles. The van der Waals surface area contributed by atoms with E-state index in [1.807, 2.05) is 24.3 Å². The molecule has 0 radical (unpaired) electrons. The number of hydrogen-bond acceptors (Lipinski definition) is 2. The highest BCUT2D eigenvalue weighted by atomic mass is 19.1. The molecule has 22 heavy (non-hydrogen) atoms. The third-order valence-electron chi connectivity index (χ3n) is 3.28. The third-order valence-corrected chi connectivity index (χ3v) is 3.28. The molecular formula is C18H21FN2O. The van der Waals surface area contributed by atoms with Gasteiger partial charge in [-0.15, -0.1) is 0 Å². The van der Waals surface area contributed by atoms with Crippen LogP contribution in [0, 0.1) is 11.7 Å². The van der Waals surface area contributed by atoms with Crippen molar-refractivity contribution in [2.24, 2.45) is 5.92 Å². The molecule has 4 heteroatoms. The Bertz CT molecular complexity index is 623. The van der Waals surface area contributed by atoms with Crippen LogP contribution in [0.1, 0.15) is 30.6 Å². The van der Waals surface area contributed by atoms with Gasteiger partial charge in [-0.25, -0.2) is 4.39 Å². The molecule has 2 aromatic carbocycles. The number of carbonyl (C=O) groups is 1. The van der Waals surface area contributed by atoms with Crippen LogP contribution < -0.4 is 10.6 Å². The standard InChI is InChI=1S/C18H21FN2O/c1-13(2)10-11-20-16-6-8-17(9-7-16)21-18(22)14-4-3-5-15(19)12-14/h3-9,12-13,20H,10-11H2,1-2H3,(H,21,22). The van der Waals surface area contributed by atoms with Crippen molar-refractivity contribution >= 4 is 17.3 Å². The molecule has 3 nitrogen and oxygen atoms in total. The fourth-order valence-corrected chi connectivity index (χ4v) is 2.01. The number of carbonyl (C=O) groups excluding carboxylic acids is 1. The van der Waals surface area contributed by atoms with Gasteiger partial charge in [-0.3, -0.25) is 4.79 Å². The number of benzene rings is 2. The van der Waals surface area contributed by atoms with Gasteiger partial charge in [0.15, 0.2) is 0 Å². The van der Waals surface area contributed by atoms with Crippen molar-refractivity contribution in [2.75, 3.05) is 17.2 Å². The second-order valence-corrected chi connectivity index (χ2v) is 5.65. The number of anilines is 2. The molecule has 0 aliphatic carbocycles. The van der Waals surface area contributed by atoms with E-state index >= 15 is 0 Å². The lowest BCUT2D eigenvalue weighted by Gasteiger charge is -2.10. The maximum Gasteiger partial charge on any atom is 0.255 e. The first kappa shape index (κ1) is 16.0. The van der Waals surface area contributed by atoms with E-state index in [0.29, 0.717) is 17.2 Å². The Labute approximate surface area is 130 Å². The van der Waals surface area contributed by atoms with Gasteiger partial charge in [0.05, 0.1) is 0 Å². The SMILES string of the molecule is CC(C)CCNc1ccc(NC(=O)c2cccc(F)c2)cc1. The Morgan fingerprint density at radius 2 is 1.77 bits per heavy atom. The molecule has 0 bridgehead atoms. The largest absolute Gasteiger partial charge is 0.385 e. The summed E-state index contributed by atoms with van der Waals surface area (Å²) in [6, 6.07) is 13.1. The molecule has 2 aromatic rings. The minimum atomic E-state index is -0.419. The first-order valence-corrected chi connectivity index (χ1v) is 7.45. The fourth-order valence-electron chi connectivity index (χ4n) is 2.01. The van der Waals surface area contributed by atoms with Gasteiger partial charge < -0.3 is 10.6 Å². The van der Waals surface area contributed by atoms with Crippen LogP contribution in [-0.2, 0) is 0 Å². The van der Waals surface area contributed by atoms with Gasteiger partial charge in [0, 0.05) is 23.5 Å².